The number of hydrogen-bond acceptors (Lipinski definition) is 4. The molecule has 0 heterocycles. The van der Waals surface area contributed by atoms with Crippen molar-refractivity contribution in [1.82, 2.24) is 0 Å². The van der Waals surface area contributed by atoms with Crippen LogP contribution in [-0.2, 0) is 19.1 Å². The Morgan fingerprint density at radius 3 is 2.14 bits per heavy atom. The lowest BCUT2D eigenvalue weighted by Crippen LogP contribution is -2.39. The smallest absolute Gasteiger partial charge is 0.293 e. The van der Waals surface area contributed by atoms with E-state index in [4.69, 9.17) is 9.47 Å². The molecule has 0 fully saturated rings. The third-order valence-electron chi connectivity index (χ3n) is 2.10. The van der Waals surface area contributed by atoms with Crippen LogP contribution in [0, 0.1) is 11.3 Å². The van der Waals surface area contributed by atoms with Gasteiger partial charge in [0.05, 0.1) is 6.61 Å². The maximum atomic E-state index is 10.3. The third-order valence-corrected chi connectivity index (χ3v) is 2.10. The van der Waals surface area contributed by atoms with Gasteiger partial charge in [0.15, 0.2) is 0 Å². The van der Waals surface area contributed by atoms with Crippen LogP contribution in [0.4, 0.5) is 0 Å². The van der Waals surface area contributed by atoms with Crippen LogP contribution in [0.1, 0.15) is 27.7 Å². The van der Waals surface area contributed by atoms with E-state index >= 15 is 0 Å². The van der Waals surface area contributed by atoms with Crippen LogP contribution in [0.15, 0.2) is 0 Å². The van der Waals surface area contributed by atoms with Crippen LogP contribution >= 0.6 is 0 Å². The molecular formula is C10H18O4. The van der Waals surface area contributed by atoms with E-state index in [9.17, 15) is 9.59 Å². The van der Waals surface area contributed by atoms with Gasteiger partial charge in [0.25, 0.3) is 12.9 Å². The normalized spacial score (nSPS) is 13.5. The van der Waals surface area contributed by atoms with E-state index in [0.29, 0.717) is 12.9 Å². The quantitative estimate of drug-likeness (QED) is 0.585. The third kappa shape index (κ3) is 3.77. The summed E-state index contributed by atoms with van der Waals surface area (Å²) in [6.45, 7) is 8.78. The van der Waals surface area contributed by atoms with Crippen LogP contribution in [-0.4, -0.2) is 25.7 Å². The minimum atomic E-state index is -0.365. The van der Waals surface area contributed by atoms with Gasteiger partial charge in [0.2, 0.25) is 0 Å². The van der Waals surface area contributed by atoms with E-state index in [1.807, 2.05) is 27.7 Å². The summed E-state index contributed by atoms with van der Waals surface area (Å²) in [6, 6.07) is 0. The molecule has 0 bridgehead atoms. The van der Waals surface area contributed by atoms with Crippen LogP contribution in [0.25, 0.3) is 0 Å². The molecule has 0 spiro atoms. The highest BCUT2D eigenvalue weighted by atomic mass is 16.5. The SMILES string of the molecule is CC(C)[C@@H](OC=O)C(C)(C)COC=O. The molecule has 1 atom stereocenters. The summed E-state index contributed by atoms with van der Waals surface area (Å²) in [5.41, 5.74) is -0.365. The highest BCUT2D eigenvalue weighted by Crippen LogP contribution is 2.28. The van der Waals surface area contributed by atoms with Crippen molar-refractivity contribution >= 4 is 12.9 Å². The predicted molar refractivity (Wildman–Crippen MR) is 51.6 cm³/mol. The summed E-state index contributed by atoms with van der Waals surface area (Å²) >= 11 is 0. The molecule has 0 aliphatic carbocycles. The second-order valence-corrected chi connectivity index (χ2v) is 4.29. The van der Waals surface area contributed by atoms with Crippen molar-refractivity contribution in [3.05, 3.63) is 0 Å². The fraction of sp³-hybridized carbons (Fsp3) is 0.800. The lowest BCUT2D eigenvalue weighted by Gasteiger charge is -2.34. The van der Waals surface area contributed by atoms with Crippen LogP contribution in [0.3, 0.4) is 0 Å². The second kappa shape index (κ2) is 5.62. The number of rotatable bonds is 7. The highest BCUT2D eigenvalue weighted by Gasteiger charge is 2.34. The van der Waals surface area contributed by atoms with Gasteiger partial charge in [0, 0.05) is 5.41 Å². The van der Waals surface area contributed by atoms with E-state index in [-0.39, 0.29) is 24.0 Å². The molecule has 4 nitrogen and oxygen atoms in total. The first-order valence-corrected chi connectivity index (χ1v) is 4.60. The van der Waals surface area contributed by atoms with Crippen LogP contribution in [0.2, 0.25) is 0 Å². The van der Waals surface area contributed by atoms with Gasteiger partial charge in [-0.1, -0.05) is 27.7 Å². The topological polar surface area (TPSA) is 52.6 Å². The molecule has 0 aromatic carbocycles. The molecule has 4 heteroatoms. The van der Waals surface area contributed by atoms with E-state index in [2.05, 4.69) is 0 Å². The van der Waals surface area contributed by atoms with Gasteiger partial charge in [-0.05, 0) is 5.92 Å². The maximum Gasteiger partial charge on any atom is 0.293 e. The first-order chi connectivity index (χ1) is 6.45. The van der Waals surface area contributed by atoms with Gasteiger partial charge >= 0.3 is 0 Å². The van der Waals surface area contributed by atoms with Crippen molar-refractivity contribution in [3.63, 3.8) is 0 Å². The Morgan fingerprint density at radius 2 is 1.79 bits per heavy atom. The van der Waals surface area contributed by atoms with Gasteiger partial charge < -0.3 is 9.47 Å². The minimum Gasteiger partial charge on any atom is -0.467 e. The number of hydrogen-bond donors (Lipinski definition) is 0. The Labute approximate surface area is 84.6 Å². The number of carbonyl (C=O) groups excluding carboxylic acids is 2. The fourth-order valence-electron chi connectivity index (χ4n) is 1.63. The van der Waals surface area contributed by atoms with Crippen molar-refractivity contribution < 1.29 is 19.1 Å². The summed E-state index contributed by atoms with van der Waals surface area (Å²) in [7, 11) is 0. The van der Waals surface area contributed by atoms with Gasteiger partial charge in [-0.2, -0.15) is 0 Å². The van der Waals surface area contributed by atoms with Crippen molar-refractivity contribution in [2.24, 2.45) is 11.3 Å². The van der Waals surface area contributed by atoms with Crippen LogP contribution in [0.5, 0.6) is 0 Å². The second-order valence-electron chi connectivity index (χ2n) is 4.29. The van der Waals surface area contributed by atoms with Gasteiger partial charge in [-0.3, -0.25) is 9.59 Å². The average molecular weight is 202 g/mol. The van der Waals surface area contributed by atoms with Crippen molar-refractivity contribution in [3.8, 4) is 0 Å². The van der Waals surface area contributed by atoms with E-state index < -0.39 is 0 Å². The highest BCUT2D eigenvalue weighted by molar-refractivity contribution is 5.38. The van der Waals surface area contributed by atoms with Gasteiger partial charge in [-0.15, -0.1) is 0 Å². The Hall–Kier alpha value is -1.06. The molecule has 0 rings (SSSR count). The summed E-state index contributed by atoms with van der Waals surface area (Å²) in [4.78, 5) is 20.4. The Bertz CT molecular complexity index is 187. The first kappa shape index (κ1) is 12.9. The van der Waals surface area contributed by atoms with Gasteiger partial charge in [0.1, 0.15) is 6.10 Å². The zero-order valence-corrected chi connectivity index (χ0v) is 9.15. The summed E-state index contributed by atoms with van der Waals surface area (Å²) in [5.74, 6) is 0.186. The standard InChI is InChI=1S/C10H18O4/c1-8(2)9(14-7-12)10(3,4)5-13-6-11/h6-9H,5H2,1-4H3/t9-/m1/s1. The molecule has 0 aliphatic rings. The Kier molecular flexibility index (Phi) is 5.20. The Balaban J connectivity index is 4.43. The molecular weight excluding hydrogens is 184 g/mol. The van der Waals surface area contributed by atoms with Crippen LogP contribution < -0.4 is 0 Å². The Morgan fingerprint density at radius 1 is 1.21 bits per heavy atom. The monoisotopic (exact) mass is 202 g/mol. The molecule has 82 valence electrons. The lowest BCUT2D eigenvalue weighted by atomic mass is 9.81. The molecule has 0 radical (unpaired) electrons. The molecule has 0 aromatic rings. The van der Waals surface area contributed by atoms with E-state index in [1.165, 1.54) is 0 Å². The molecule has 0 aliphatic heterocycles. The number of carbonyl (C=O) groups is 2. The molecule has 0 aromatic heterocycles. The van der Waals surface area contributed by atoms with E-state index in [0.717, 1.165) is 0 Å². The number of ether oxygens (including phenoxy) is 2. The minimum absolute atomic E-state index is 0.186. The van der Waals surface area contributed by atoms with Gasteiger partial charge in [-0.25, -0.2) is 0 Å². The van der Waals surface area contributed by atoms with Crippen molar-refractivity contribution in [1.29, 1.82) is 0 Å². The molecule has 0 amide bonds. The molecule has 0 unspecified atom stereocenters. The lowest BCUT2D eigenvalue weighted by molar-refractivity contribution is -0.149. The first-order valence-electron chi connectivity index (χ1n) is 4.60. The largest absolute Gasteiger partial charge is 0.467 e. The molecule has 0 saturated carbocycles. The molecule has 0 N–H and O–H groups in total. The van der Waals surface area contributed by atoms with Crippen molar-refractivity contribution in [2.45, 2.75) is 33.8 Å². The van der Waals surface area contributed by atoms with E-state index in [1.54, 1.807) is 0 Å². The molecule has 14 heavy (non-hydrogen) atoms. The fourth-order valence-corrected chi connectivity index (χ4v) is 1.63. The maximum absolute atomic E-state index is 10.3. The summed E-state index contributed by atoms with van der Waals surface area (Å²) in [6.07, 6.45) is -0.250. The summed E-state index contributed by atoms with van der Waals surface area (Å²) in [5, 5.41) is 0. The molecule has 0 saturated heterocycles. The predicted octanol–water partition coefficient (Wildman–Crippen LogP) is 1.38. The average Bonchev–Trinajstić information content (AvgIpc) is 2.10. The zero-order chi connectivity index (χ0) is 11.2. The zero-order valence-electron chi connectivity index (χ0n) is 9.15. The summed E-state index contributed by atoms with van der Waals surface area (Å²) < 4.78 is 9.69. The van der Waals surface area contributed by atoms with Crippen molar-refractivity contribution in [2.75, 3.05) is 6.61 Å².